The van der Waals surface area contributed by atoms with Gasteiger partial charge in [-0.25, -0.2) is 4.98 Å². The molecule has 0 aliphatic heterocycles. The minimum Gasteiger partial charge on any atom is -0.346 e. The number of aryl methyl sites for hydroxylation is 2. The average molecular weight is 264 g/mol. The molecular formula is C17H32N2. The number of unbranched alkanes of at least 4 members (excludes halogenated alkanes) is 9. The van der Waals surface area contributed by atoms with E-state index in [0.29, 0.717) is 0 Å². The van der Waals surface area contributed by atoms with E-state index >= 15 is 0 Å². The molecule has 1 aromatic rings. The molecule has 0 saturated carbocycles. The molecule has 0 radical (unpaired) electrons. The molecule has 1 heterocycles. The van der Waals surface area contributed by atoms with Crippen molar-refractivity contribution in [2.24, 2.45) is 0 Å². The van der Waals surface area contributed by atoms with Crippen LogP contribution < -0.4 is 0 Å². The first-order valence-corrected chi connectivity index (χ1v) is 8.39. The summed E-state index contributed by atoms with van der Waals surface area (Å²) in [5.74, 6) is 1.13. The Bertz CT molecular complexity index is 304. The van der Waals surface area contributed by atoms with Crippen molar-refractivity contribution in [3.63, 3.8) is 0 Å². The third-order valence-corrected chi connectivity index (χ3v) is 3.82. The number of aromatic amines is 1. The SMILES string of the molecule is CCCCCCCCCCCCc1cnc(CC)[nH]1. The van der Waals surface area contributed by atoms with E-state index < -0.39 is 0 Å². The summed E-state index contributed by atoms with van der Waals surface area (Å²) in [6.45, 7) is 4.42. The minimum atomic E-state index is 1.01. The maximum Gasteiger partial charge on any atom is 0.105 e. The monoisotopic (exact) mass is 264 g/mol. The average Bonchev–Trinajstić information content (AvgIpc) is 2.89. The molecule has 0 aliphatic carbocycles. The zero-order valence-electron chi connectivity index (χ0n) is 13.0. The standard InChI is InChI=1S/C17H32N2/c1-3-5-6-7-8-9-10-11-12-13-14-16-15-18-17(4-2)19-16/h15H,3-14H2,1-2H3,(H,18,19). The Hall–Kier alpha value is -0.790. The number of aromatic nitrogens is 2. The number of hydrogen-bond donors (Lipinski definition) is 1. The molecular weight excluding hydrogens is 232 g/mol. The predicted octanol–water partition coefficient (Wildman–Crippen LogP) is 5.44. The third kappa shape index (κ3) is 8.07. The number of nitrogens with zero attached hydrogens (tertiary/aromatic N) is 1. The molecule has 1 N–H and O–H groups in total. The summed E-state index contributed by atoms with van der Waals surface area (Å²) in [6.07, 6.45) is 18.2. The van der Waals surface area contributed by atoms with Gasteiger partial charge in [-0.1, -0.05) is 71.6 Å². The number of rotatable bonds is 12. The highest BCUT2D eigenvalue weighted by Crippen LogP contribution is 2.11. The Morgan fingerprint density at radius 3 is 1.95 bits per heavy atom. The zero-order valence-corrected chi connectivity index (χ0v) is 13.0. The van der Waals surface area contributed by atoms with Crippen LogP contribution in [0.4, 0.5) is 0 Å². The van der Waals surface area contributed by atoms with Crippen LogP contribution in [0.5, 0.6) is 0 Å². The normalized spacial score (nSPS) is 11.1. The van der Waals surface area contributed by atoms with Crippen molar-refractivity contribution >= 4 is 0 Å². The van der Waals surface area contributed by atoms with Crippen molar-refractivity contribution in [1.29, 1.82) is 0 Å². The van der Waals surface area contributed by atoms with Gasteiger partial charge in [-0.15, -0.1) is 0 Å². The summed E-state index contributed by atoms with van der Waals surface area (Å²) >= 11 is 0. The quantitative estimate of drug-likeness (QED) is 0.501. The maximum atomic E-state index is 4.34. The first-order valence-electron chi connectivity index (χ1n) is 8.39. The van der Waals surface area contributed by atoms with Gasteiger partial charge in [-0.2, -0.15) is 0 Å². The molecule has 1 aromatic heterocycles. The molecule has 0 aromatic carbocycles. The van der Waals surface area contributed by atoms with Gasteiger partial charge in [0.25, 0.3) is 0 Å². The number of H-pyrrole nitrogens is 1. The highest BCUT2D eigenvalue weighted by atomic mass is 14.9. The Morgan fingerprint density at radius 2 is 1.42 bits per heavy atom. The predicted molar refractivity (Wildman–Crippen MR) is 83.5 cm³/mol. The highest BCUT2D eigenvalue weighted by molar-refractivity contribution is 5.00. The van der Waals surface area contributed by atoms with Gasteiger partial charge in [0.1, 0.15) is 5.82 Å². The Balaban J connectivity index is 1.86. The van der Waals surface area contributed by atoms with Gasteiger partial charge in [0.05, 0.1) is 0 Å². The van der Waals surface area contributed by atoms with Crippen molar-refractivity contribution in [2.45, 2.75) is 90.9 Å². The molecule has 0 unspecified atom stereocenters. The van der Waals surface area contributed by atoms with E-state index in [1.54, 1.807) is 0 Å². The van der Waals surface area contributed by atoms with Crippen molar-refractivity contribution in [2.75, 3.05) is 0 Å². The fourth-order valence-electron chi connectivity index (χ4n) is 2.52. The second-order valence-corrected chi connectivity index (χ2v) is 5.64. The van der Waals surface area contributed by atoms with Gasteiger partial charge in [-0.3, -0.25) is 0 Å². The molecule has 0 aliphatic rings. The molecule has 0 fully saturated rings. The fraction of sp³-hybridized carbons (Fsp3) is 0.824. The molecule has 19 heavy (non-hydrogen) atoms. The van der Waals surface area contributed by atoms with Crippen LogP contribution in [0.1, 0.15) is 89.6 Å². The zero-order chi connectivity index (χ0) is 13.8. The van der Waals surface area contributed by atoms with Crippen LogP contribution in [-0.2, 0) is 12.8 Å². The molecule has 0 amide bonds. The molecule has 0 atom stereocenters. The summed E-state index contributed by atoms with van der Waals surface area (Å²) in [4.78, 5) is 7.73. The second-order valence-electron chi connectivity index (χ2n) is 5.64. The molecule has 0 saturated heterocycles. The maximum absolute atomic E-state index is 4.34. The van der Waals surface area contributed by atoms with E-state index in [2.05, 4.69) is 23.8 Å². The van der Waals surface area contributed by atoms with Gasteiger partial charge in [0, 0.05) is 18.3 Å². The Kier molecular flexibility index (Phi) is 9.48. The summed E-state index contributed by atoms with van der Waals surface area (Å²) in [7, 11) is 0. The minimum absolute atomic E-state index is 1.01. The van der Waals surface area contributed by atoms with E-state index in [0.717, 1.165) is 12.2 Å². The van der Waals surface area contributed by atoms with E-state index in [-0.39, 0.29) is 0 Å². The number of hydrogen-bond acceptors (Lipinski definition) is 1. The van der Waals surface area contributed by atoms with Crippen LogP contribution >= 0.6 is 0 Å². The highest BCUT2D eigenvalue weighted by Gasteiger charge is 1.98. The number of imidazole rings is 1. The smallest absolute Gasteiger partial charge is 0.105 e. The largest absolute Gasteiger partial charge is 0.346 e. The van der Waals surface area contributed by atoms with Gasteiger partial charge in [-0.05, 0) is 12.8 Å². The summed E-state index contributed by atoms with van der Waals surface area (Å²) in [6, 6.07) is 0. The van der Waals surface area contributed by atoms with Crippen molar-refractivity contribution < 1.29 is 0 Å². The van der Waals surface area contributed by atoms with Gasteiger partial charge < -0.3 is 4.98 Å². The van der Waals surface area contributed by atoms with Crippen molar-refractivity contribution in [3.8, 4) is 0 Å². The first kappa shape index (κ1) is 16.3. The lowest BCUT2D eigenvalue weighted by molar-refractivity contribution is 0.555. The lowest BCUT2D eigenvalue weighted by Gasteiger charge is -2.01. The fourth-order valence-corrected chi connectivity index (χ4v) is 2.52. The van der Waals surface area contributed by atoms with Gasteiger partial charge >= 0.3 is 0 Å². The first-order chi connectivity index (χ1) is 9.36. The Morgan fingerprint density at radius 1 is 0.842 bits per heavy atom. The summed E-state index contributed by atoms with van der Waals surface area (Å²) in [5, 5.41) is 0. The van der Waals surface area contributed by atoms with Crippen LogP contribution in [0, 0.1) is 0 Å². The molecule has 0 spiro atoms. The van der Waals surface area contributed by atoms with Crippen LogP contribution in [0.3, 0.4) is 0 Å². The van der Waals surface area contributed by atoms with Gasteiger partial charge in [0.15, 0.2) is 0 Å². The van der Waals surface area contributed by atoms with E-state index in [1.807, 2.05) is 6.20 Å². The van der Waals surface area contributed by atoms with Crippen LogP contribution in [0.2, 0.25) is 0 Å². The van der Waals surface area contributed by atoms with E-state index in [4.69, 9.17) is 0 Å². The summed E-state index contributed by atoms with van der Waals surface area (Å²) < 4.78 is 0. The van der Waals surface area contributed by atoms with Crippen LogP contribution in [-0.4, -0.2) is 9.97 Å². The van der Waals surface area contributed by atoms with Crippen LogP contribution in [0.15, 0.2) is 6.20 Å². The third-order valence-electron chi connectivity index (χ3n) is 3.82. The molecule has 0 bridgehead atoms. The molecule has 2 heteroatoms. The van der Waals surface area contributed by atoms with Crippen molar-refractivity contribution in [3.05, 3.63) is 17.7 Å². The van der Waals surface area contributed by atoms with E-state index in [1.165, 1.54) is 76.3 Å². The summed E-state index contributed by atoms with van der Waals surface area (Å²) in [5.41, 5.74) is 1.32. The molecule has 2 nitrogen and oxygen atoms in total. The second kappa shape index (κ2) is 11.1. The molecule has 1 rings (SSSR count). The lowest BCUT2D eigenvalue weighted by Crippen LogP contribution is -1.88. The van der Waals surface area contributed by atoms with Gasteiger partial charge in [0.2, 0.25) is 0 Å². The topological polar surface area (TPSA) is 28.7 Å². The molecule has 110 valence electrons. The van der Waals surface area contributed by atoms with E-state index in [9.17, 15) is 0 Å². The number of nitrogens with one attached hydrogen (secondary N) is 1. The lowest BCUT2D eigenvalue weighted by atomic mass is 10.1. The van der Waals surface area contributed by atoms with Crippen LogP contribution in [0.25, 0.3) is 0 Å². The van der Waals surface area contributed by atoms with Crippen molar-refractivity contribution in [1.82, 2.24) is 9.97 Å². The Labute approximate surface area is 119 Å².